The molecule has 1 fully saturated rings. The van der Waals surface area contributed by atoms with Gasteiger partial charge in [0.1, 0.15) is 17.4 Å². The van der Waals surface area contributed by atoms with Gasteiger partial charge in [0.2, 0.25) is 0 Å². The van der Waals surface area contributed by atoms with Crippen LogP contribution >= 0.6 is 0 Å². The first kappa shape index (κ1) is 22.4. The van der Waals surface area contributed by atoms with Gasteiger partial charge in [-0.15, -0.1) is 0 Å². The van der Waals surface area contributed by atoms with Gasteiger partial charge in [-0.2, -0.15) is 5.10 Å². The maximum atomic E-state index is 9.94. The fourth-order valence-electron chi connectivity index (χ4n) is 4.52. The number of nitrogens with one attached hydrogen (secondary N) is 3. The van der Waals surface area contributed by atoms with E-state index in [1.165, 1.54) is 0 Å². The van der Waals surface area contributed by atoms with Crippen LogP contribution in [-0.2, 0) is 0 Å². The number of aliphatic hydroxyl groups excluding tert-OH is 1. The average molecular weight is 485 g/mol. The Balaban J connectivity index is 1.37. The lowest BCUT2D eigenvalue weighted by atomic mass is 10.1. The van der Waals surface area contributed by atoms with Crippen LogP contribution in [0.4, 0.5) is 11.4 Å². The average Bonchev–Trinajstić information content (AvgIpc) is 3.53. The normalized spacial score (nSPS) is 15.6. The van der Waals surface area contributed by atoms with Gasteiger partial charge in [-0.25, -0.2) is 9.97 Å². The molecule has 11 nitrogen and oxygen atoms in total. The molecule has 0 spiro atoms. The lowest BCUT2D eigenvalue weighted by Gasteiger charge is -2.33. The Morgan fingerprint density at radius 1 is 1.11 bits per heavy atom. The molecular weight excluding hydrogens is 456 g/mol. The first-order chi connectivity index (χ1) is 17.6. The maximum Gasteiger partial charge on any atom is 0.161 e. The summed E-state index contributed by atoms with van der Waals surface area (Å²) in [5, 5.41) is 21.5. The summed E-state index contributed by atoms with van der Waals surface area (Å²) in [7, 11) is 2.15. The number of aliphatic hydroxyl groups is 1. The van der Waals surface area contributed by atoms with E-state index < -0.39 is 6.23 Å². The largest absolute Gasteiger partial charge is 0.374 e. The molecular formula is C25H28N10O. The molecule has 5 aromatic rings. The number of aromatic amines is 2. The highest BCUT2D eigenvalue weighted by molar-refractivity contribution is 5.96. The zero-order valence-corrected chi connectivity index (χ0v) is 20.2. The zero-order valence-electron chi connectivity index (χ0n) is 20.2. The van der Waals surface area contributed by atoms with E-state index in [9.17, 15) is 5.11 Å². The molecule has 4 N–H and O–H groups in total. The third kappa shape index (κ3) is 4.12. The molecule has 5 aromatic heterocycles. The summed E-state index contributed by atoms with van der Waals surface area (Å²) in [6.07, 6.45) is 6.99. The molecule has 6 heterocycles. The second kappa shape index (κ2) is 9.17. The molecule has 36 heavy (non-hydrogen) atoms. The van der Waals surface area contributed by atoms with Crippen LogP contribution < -0.4 is 10.2 Å². The van der Waals surface area contributed by atoms with Crippen molar-refractivity contribution in [3.63, 3.8) is 0 Å². The van der Waals surface area contributed by atoms with E-state index in [1.807, 2.05) is 31.3 Å². The van der Waals surface area contributed by atoms with Crippen molar-refractivity contribution in [1.29, 1.82) is 0 Å². The fourth-order valence-corrected chi connectivity index (χ4v) is 4.52. The number of aromatic nitrogens is 7. The molecule has 11 heteroatoms. The van der Waals surface area contributed by atoms with Gasteiger partial charge in [0.25, 0.3) is 0 Å². The third-order valence-corrected chi connectivity index (χ3v) is 6.63. The summed E-state index contributed by atoms with van der Waals surface area (Å²) in [6, 6.07) is 5.94. The van der Waals surface area contributed by atoms with Gasteiger partial charge in [0, 0.05) is 49.5 Å². The Morgan fingerprint density at radius 3 is 2.81 bits per heavy atom. The van der Waals surface area contributed by atoms with Gasteiger partial charge in [0.05, 0.1) is 35.0 Å². The smallest absolute Gasteiger partial charge is 0.161 e. The molecule has 1 unspecified atom stereocenters. The van der Waals surface area contributed by atoms with Crippen molar-refractivity contribution in [2.75, 3.05) is 43.4 Å². The lowest BCUT2D eigenvalue weighted by molar-refractivity contribution is 0.199. The molecule has 1 aliphatic heterocycles. The van der Waals surface area contributed by atoms with Crippen LogP contribution in [0.3, 0.4) is 0 Å². The molecule has 1 aliphatic rings. The molecule has 184 valence electrons. The van der Waals surface area contributed by atoms with Crippen LogP contribution in [0.2, 0.25) is 0 Å². The third-order valence-electron chi connectivity index (χ3n) is 6.63. The van der Waals surface area contributed by atoms with Gasteiger partial charge >= 0.3 is 0 Å². The van der Waals surface area contributed by atoms with Crippen molar-refractivity contribution < 1.29 is 5.11 Å². The Labute approximate surface area is 207 Å². The number of fused-ring (bicyclic) bond motifs is 2. The molecule has 0 radical (unpaired) electrons. The molecule has 0 saturated carbocycles. The molecule has 1 saturated heterocycles. The predicted molar refractivity (Wildman–Crippen MR) is 140 cm³/mol. The minimum atomic E-state index is -0.629. The Morgan fingerprint density at radius 2 is 1.97 bits per heavy atom. The van der Waals surface area contributed by atoms with E-state index in [2.05, 4.69) is 52.3 Å². The van der Waals surface area contributed by atoms with E-state index in [0.29, 0.717) is 17.9 Å². The number of nitrogens with zero attached hydrogens (tertiary/aromatic N) is 7. The van der Waals surface area contributed by atoms with Crippen LogP contribution in [0.15, 0.2) is 43.0 Å². The van der Waals surface area contributed by atoms with Crippen LogP contribution in [-0.4, -0.2) is 84.6 Å². The molecule has 0 amide bonds. The number of rotatable bonds is 6. The zero-order chi connectivity index (χ0) is 24.6. The molecule has 1 atom stereocenters. The summed E-state index contributed by atoms with van der Waals surface area (Å²) in [5.41, 5.74) is 6.51. The number of piperazine rings is 1. The highest BCUT2D eigenvalue weighted by Gasteiger charge is 2.21. The van der Waals surface area contributed by atoms with E-state index >= 15 is 0 Å². The number of hydrogen-bond acceptors (Lipinski definition) is 9. The SMILES string of the molecule is CCC(O)Nc1cncc(-c2cc3c(-c4nc5c(N6CCN(C)CC6)ccnc5[nH]4)n[nH]c3cn2)c1. The van der Waals surface area contributed by atoms with Crippen molar-refractivity contribution in [3.05, 3.63) is 43.0 Å². The molecule has 0 bridgehead atoms. The van der Waals surface area contributed by atoms with Crippen molar-refractivity contribution in [2.45, 2.75) is 19.6 Å². The summed E-state index contributed by atoms with van der Waals surface area (Å²) >= 11 is 0. The lowest BCUT2D eigenvalue weighted by Crippen LogP contribution is -2.44. The number of pyridine rings is 3. The first-order valence-corrected chi connectivity index (χ1v) is 12.1. The fraction of sp³-hybridized carbons (Fsp3) is 0.320. The van der Waals surface area contributed by atoms with Crippen LogP contribution in [0.5, 0.6) is 0 Å². The van der Waals surface area contributed by atoms with Crippen molar-refractivity contribution in [3.8, 4) is 22.8 Å². The van der Waals surface area contributed by atoms with Crippen molar-refractivity contribution in [1.82, 2.24) is 40.0 Å². The van der Waals surface area contributed by atoms with Gasteiger partial charge in [0.15, 0.2) is 11.5 Å². The summed E-state index contributed by atoms with van der Waals surface area (Å²) in [4.78, 5) is 26.4. The standard InChI is InChI=1S/C25H28N10O/c1-3-21(36)29-16-10-15(12-26-13-16)18-11-17-19(14-28-18)32-33-22(17)25-30-23-20(4-5-27-24(23)31-25)35-8-6-34(2)7-9-35/h4-5,10-14,21,29,36H,3,6-9H2,1-2H3,(H,32,33)(H,27,30,31). The number of H-pyrrole nitrogens is 2. The maximum absolute atomic E-state index is 9.94. The number of hydrogen-bond donors (Lipinski definition) is 4. The van der Waals surface area contributed by atoms with Crippen LogP contribution in [0.25, 0.3) is 44.8 Å². The molecule has 0 aliphatic carbocycles. The highest BCUT2D eigenvalue weighted by atomic mass is 16.3. The van der Waals surface area contributed by atoms with Gasteiger partial charge in [-0.1, -0.05) is 6.92 Å². The first-order valence-electron chi connectivity index (χ1n) is 12.1. The van der Waals surface area contributed by atoms with E-state index in [0.717, 1.165) is 70.9 Å². The van der Waals surface area contributed by atoms with Crippen molar-refractivity contribution >= 4 is 33.4 Å². The van der Waals surface area contributed by atoms with Crippen molar-refractivity contribution in [2.24, 2.45) is 0 Å². The van der Waals surface area contributed by atoms with Gasteiger partial charge < -0.3 is 25.2 Å². The Kier molecular flexibility index (Phi) is 5.70. The van der Waals surface area contributed by atoms with E-state index in [1.54, 1.807) is 18.6 Å². The van der Waals surface area contributed by atoms with E-state index in [4.69, 9.17) is 4.98 Å². The van der Waals surface area contributed by atoms with E-state index in [-0.39, 0.29) is 0 Å². The second-order valence-electron chi connectivity index (χ2n) is 9.12. The quantitative estimate of drug-likeness (QED) is 0.268. The monoisotopic (exact) mass is 484 g/mol. The van der Waals surface area contributed by atoms with Gasteiger partial charge in [-0.3, -0.25) is 15.1 Å². The van der Waals surface area contributed by atoms with Gasteiger partial charge in [-0.05, 0) is 31.7 Å². The summed E-state index contributed by atoms with van der Waals surface area (Å²) < 4.78 is 0. The van der Waals surface area contributed by atoms with Crippen LogP contribution in [0.1, 0.15) is 13.3 Å². The highest BCUT2D eigenvalue weighted by Crippen LogP contribution is 2.31. The number of anilines is 2. The minimum Gasteiger partial charge on any atom is -0.374 e. The molecule has 0 aromatic carbocycles. The summed E-state index contributed by atoms with van der Waals surface area (Å²) in [5.74, 6) is 0.655. The predicted octanol–water partition coefficient (Wildman–Crippen LogP) is 2.85. The summed E-state index contributed by atoms with van der Waals surface area (Å²) in [6.45, 7) is 5.85. The Hall–Kier alpha value is -4.09. The number of imidazole rings is 1. The number of likely N-dealkylation sites (N-methyl/N-ethyl adjacent to an activating group) is 1. The molecule has 6 rings (SSSR count). The minimum absolute atomic E-state index is 0.593. The Bertz CT molecular complexity index is 1520. The second-order valence-corrected chi connectivity index (χ2v) is 9.12. The topological polar surface area (TPSA) is 135 Å². The van der Waals surface area contributed by atoms with Crippen LogP contribution in [0, 0.1) is 0 Å².